The van der Waals surface area contributed by atoms with Crippen LogP contribution in [0.4, 0.5) is 17.5 Å². The first-order chi connectivity index (χ1) is 14.2. The van der Waals surface area contributed by atoms with Gasteiger partial charge in [0.15, 0.2) is 5.82 Å². The fraction of sp³-hybridized carbons (Fsp3) is 0.238. The molecule has 150 valence electrons. The molecule has 0 aliphatic rings. The zero-order valence-corrected chi connectivity index (χ0v) is 16.3. The molecule has 3 aromatic rings. The van der Waals surface area contributed by atoms with Crippen molar-refractivity contribution in [2.45, 2.75) is 13.5 Å². The van der Waals surface area contributed by atoms with Crippen molar-refractivity contribution in [1.29, 1.82) is 0 Å². The number of amides is 1. The molecule has 0 atom stereocenters. The van der Waals surface area contributed by atoms with Gasteiger partial charge in [0.2, 0.25) is 5.91 Å². The monoisotopic (exact) mass is 392 g/mol. The molecule has 0 bridgehead atoms. The quantitative estimate of drug-likeness (QED) is 0.456. The van der Waals surface area contributed by atoms with Crippen LogP contribution < -0.4 is 16.0 Å². The van der Waals surface area contributed by atoms with Gasteiger partial charge in [-0.2, -0.15) is 0 Å². The molecule has 0 aliphatic heterocycles. The summed E-state index contributed by atoms with van der Waals surface area (Å²) in [5.74, 6) is 1.79. The number of aromatic nitrogens is 3. The number of carbonyl (C=O) groups excluding carboxylic acids is 1. The van der Waals surface area contributed by atoms with Crippen LogP contribution in [0, 0.1) is 6.92 Å². The topological polar surface area (TPSA) is 101 Å². The molecule has 0 unspecified atom stereocenters. The van der Waals surface area contributed by atoms with Crippen molar-refractivity contribution in [3.63, 3.8) is 0 Å². The Bertz CT molecular complexity index is 885. The van der Waals surface area contributed by atoms with E-state index < -0.39 is 0 Å². The first-order valence-electron chi connectivity index (χ1n) is 9.35. The van der Waals surface area contributed by atoms with Crippen LogP contribution in [0.3, 0.4) is 0 Å². The lowest BCUT2D eigenvalue weighted by Crippen LogP contribution is -2.31. The van der Waals surface area contributed by atoms with Crippen LogP contribution in [-0.2, 0) is 16.1 Å². The van der Waals surface area contributed by atoms with Crippen molar-refractivity contribution >= 4 is 23.4 Å². The van der Waals surface area contributed by atoms with Crippen LogP contribution in [0.1, 0.15) is 11.1 Å². The molecule has 3 N–H and O–H groups in total. The molecule has 3 rings (SSSR count). The Morgan fingerprint density at radius 1 is 0.931 bits per heavy atom. The SMILES string of the molecule is Cc1ccc(Nc2ccc(NCCNC(=O)COCc3ccccc3)nn2)nc1. The molecule has 2 heterocycles. The van der Waals surface area contributed by atoms with E-state index in [0.717, 1.165) is 11.1 Å². The molecule has 0 fully saturated rings. The van der Waals surface area contributed by atoms with Gasteiger partial charge in [0.05, 0.1) is 6.61 Å². The van der Waals surface area contributed by atoms with Gasteiger partial charge in [-0.25, -0.2) is 4.98 Å². The largest absolute Gasteiger partial charge is 0.367 e. The summed E-state index contributed by atoms with van der Waals surface area (Å²) >= 11 is 0. The zero-order valence-electron chi connectivity index (χ0n) is 16.3. The number of carbonyl (C=O) groups is 1. The summed E-state index contributed by atoms with van der Waals surface area (Å²) in [6.45, 7) is 3.42. The summed E-state index contributed by atoms with van der Waals surface area (Å²) in [4.78, 5) is 16.0. The van der Waals surface area contributed by atoms with E-state index in [4.69, 9.17) is 4.74 Å². The summed E-state index contributed by atoms with van der Waals surface area (Å²) in [6, 6.07) is 17.2. The minimum Gasteiger partial charge on any atom is -0.367 e. The Morgan fingerprint density at radius 3 is 2.41 bits per heavy atom. The van der Waals surface area contributed by atoms with Crippen LogP contribution in [-0.4, -0.2) is 40.8 Å². The smallest absolute Gasteiger partial charge is 0.246 e. The number of rotatable bonds is 10. The first-order valence-corrected chi connectivity index (χ1v) is 9.35. The van der Waals surface area contributed by atoms with E-state index >= 15 is 0 Å². The van der Waals surface area contributed by atoms with Crippen LogP contribution in [0.5, 0.6) is 0 Å². The fourth-order valence-electron chi connectivity index (χ4n) is 2.45. The number of anilines is 3. The minimum atomic E-state index is -0.154. The Morgan fingerprint density at radius 2 is 1.69 bits per heavy atom. The van der Waals surface area contributed by atoms with Crippen molar-refractivity contribution in [2.75, 3.05) is 30.3 Å². The van der Waals surface area contributed by atoms with E-state index in [0.29, 0.717) is 37.1 Å². The van der Waals surface area contributed by atoms with E-state index in [1.54, 1.807) is 6.20 Å². The van der Waals surface area contributed by atoms with Gasteiger partial charge in [0.1, 0.15) is 18.2 Å². The molecule has 8 heteroatoms. The Kier molecular flexibility index (Phi) is 7.48. The molecule has 2 aromatic heterocycles. The maximum atomic E-state index is 11.8. The summed E-state index contributed by atoms with van der Waals surface area (Å²) in [5, 5.41) is 17.2. The first kappa shape index (κ1) is 20.2. The number of hydrogen-bond acceptors (Lipinski definition) is 7. The van der Waals surface area contributed by atoms with Gasteiger partial charge in [0.25, 0.3) is 0 Å². The summed E-state index contributed by atoms with van der Waals surface area (Å²) in [5.41, 5.74) is 2.13. The number of benzene rings is 1. The Balaban J connectivity index is 1.31. The van der Waals surface area contributed by atoms with E-state index in [1.807, 2.05) is 61.5 Å². The number of aryl methyl sites for hydroxylation is 1. The molecule has 29 heavy (non-hydrogen) atoms. The highest BCUT2D eigenvalue weighted by atomic mass is 16.5. The van der Waals surface area contributed by atoms with Crippen LogP contribution in [0.2, 0.25) is 0 Å². The Hall–Kier alpha value is -3.52. The second-order valence-corrected chi connectivity index (χ2v) is 6.40. The molecule has 1 aromatic carbocycles. The maximum Gasteiger partial charge on any atom is 0.246 e. The third-order valence-corrected chi connectivity index (χ3v) is 3.93. The third-order valence-electron chi connectivity index (χ3n) is 3.93. The zero-order chi connectivity index (χ0) is 20.3. The molecule has 0 spiro atoms. The summed E-state index contributed by atoms with van der Waals surface area (Å²) in [7, 11) is 0. The van der Waals surface area contributed by atoms with Gasteiger partial charge in [-0.15, -0.1) is 10.2 Å². The van der Waals surface area contributed by atoms with Crippen LogP contribution >= 0.6 is 0 Å². The minimum absolute atomic E-state index is 0.0299. The van der Waals surface area contributed by atoms with E-state index in [-0.39, 0.29) is 12.5 Å². The normalized spacial score (nSPS) is 10.4. The van der Waals surface area contributed by atoms with Crippen molar-refractivity contribution in [2.24, 2.45) is 0 Å². The highest BCUT2D eigenvalue weighted by molar-refractivity contribution is 5.77. The van der Waals surface area contributed by atoms with Crippen molar-refractivity contribution in [3.05, 3.63) is 71.9 Å². The molecule has 8 nitrogen and oxygen atoms in total. The van der Waals surface area contributed by atoms with Gasteiger partial charge in [-0.3, -0.25) is 4.79 Å². The number of hydrogen-bond donors (Lipinski definition) is 3. The second-order valence-electron chi connectivity index (χ2n) is 6.40. The van der Waals surface area contributed by atoms with Gasteiger partial charge in [0, 0.05) is 19.3 Å². The lowest BCUT2D eigenvalue weighted by molar-refractivity contribution is -0.126. The Labute approximate surface area is 169 Å². The average molecular weight is 392 g/mol. The second kappa shape index (κ2) is 10.7. The van der Waals surface area contributed by atoms with Crippen molar-refractivity contribution < 1.29 is 9.53 Å². The standard InChI is InChI=1S/C21H24N6O2/c1-16-7-8-18(24-13-16)25-20-10-9-19(26-27-20)22-11-12-23-21(28)15-29-14-17-5-3-2-4-6-17/h2-10,13H,11-12,14-15H2,1H3,(H,22,26)(H,23,28)(H,24,25,27). The highest BCUT2D eigenvalue weighted by Crippen LogP contribution is 2.12. The maximum absolute atomic E-state index is 11.8. The predicted octanol–water partition coefficient (Wildman–Crippen LogP) is 2.67. The number of nitrogens with one attached hydrogen (secondary N) is 3. The van der Waals surface area contributed by atoms with Crippen molar-refractivity contribution in [3.8, 4) is 0 Å². The van der Waals surface area contributed by atoms with Crippen LogP contribution in [0.25, 0.3) is 0 Å². The highest BCUT2D eigenvalue weighted by Gasteiger charge is 2.02. The molecule has 0 saturated heterocycles. The van der Waals surface area contributed by atoms with Crippen molar-refractivity contribution in [1.82, 2.24) is 20.5 Å². The molecular formula is C21H24N6O2. The summed E-state index contributed by atoms with van der Waals surface area (Å²) in [6.07, 6.45) is 1.78. The molecule has 1 amide bonds. The predicted molar refractivity (Wildman–Crippen MR) is 112 cm³/mol. The van der Waals surface area contributed by atoms with Gasteiger partial charge < -0.3 is 20.7 Å². The molecule has 0 saturated carbocycles. The number of nitrogens with zero attached hydrogens (tertiary/aromatic N) is 3. The van der Waals surface area contributed by atoms with Gasteiger partial charge in [-0.1, -0.05) is 36.4 Å². The van der Waals surface area contributed by atoms with Crippen LogP contribution in [0.15, 0.2) is 60.8 Å². The van der Waals surface area contributed by atoms with E-state index in [9.17, 15) is 4.79 Å². The average Bonchev–Trinajstić information content (AvgIpc) is 2.75. The molecular weight excluding hydrogens is 368 g/mol. The van der Waals surface area contributed by atoms with E-state index in [1.165, 1.54) is 0 Å². The lowest BCUT2D eigenvalue weighted by Gasteiger charge is -2.09. The third kappa shape index (κ3) is 7.19. The lowest BCUT2D eigenvalue weighted by atomic mass is 10.2. The fourth-order valence-corrected chi connectivity index (χ4v) is 2.45. The van der Waals surface area contributed by atoms with Gasteiger partial charge in [-0.05, 0) is 36.2 Å². The van der Waals surface area contributed by atoms with E-state index in [2.05, 4.69) is 31.1 Å². The summed E-state index contributed by atoms with van der Waals surface area (Å²) < 4.78 is 5.40. The molecule has 0 aliphatic carbocycles. The number of pyridine rings is 1. The number of ether oxygens (including phenoxy) is 1. The molecule has 0 radical (unpaired) electrons. The van der Waals surface area contributed by atoms with Gasteiger partial charge >= 0.3 is 0 Å².